The van der Waals surface area contributed by atoms with Gasteiger partial charge in [-0.05, 0) is 44.1 Å². The third kappa shape index (κ3) is 3.52. The topological polar surface area (TPSA) is 85.1 Å². The van der Waals surface area contributed by atoms with Crippen LogP contribution in [0.15, 0.2) is 18.2 Å². The normalized spacial score (nSPS) is 18.9. The molecular weight excluding hydrogens is 310 g/mol. The van der Waals surface area contributed by atoms with Crippen LogP contribution in [0.3, 0.4) is 0 Å². The first-order valence-corrected chi connectivity index (χ1v) is 8.22. The average molecular weight is 333 g/mol. The van der Waals surface area contributed by atoms with Gasteiger partial charge in [0.05, 0.1) is 18.4 Å². The molecule has 7 heteroatoms. The maximum absolute atomic E-state index is 12.3. The van der Waals surface area contributed by atoms with Crippen LogP contribution in [0.25, 0.3) is 0 Å². The molecule has 24 heavy (non-hydrogen) atoms. The van der Waals surface area contributed by atoms with Gasteiger partial charge in [-0.25, -0.2) is 4.79 Å². The van der Waals surface area contributed by atoms with E-state index in [-0.39, 0.29) is 18.6 Å². The molecule has 1 aromatic rings. The van der Waals surface area contributed by atoms with E-state index in [9.17, 15) is 9.59 Å². The molecule has 2 aliphatic rings. The second-order valence-electron chi connectivity index (χ2n) is 6.19. The molecule has 1 amide bonds. The van der Waals surface area contributed by atoms with Crippen molar-refractivity contribution in [3.05, 3.63) is 23.8 Å². The number of anilines is 1. The predicted octanol–water partition coefficient (Wildman–Crippen LogP) is 0.622. The van der Waals surface area contributed by atoms with Gasteiger partial charge in [-0.2, -0.15) is 0 Å². The van der Waals surface area contributed by atoms with E-state index >= 15 is 0 Å². The first-order chi connectivity index (χ1) is 11.6. The van der Waals surface area contributed by atoms with Crippen molar-refractivity contribution in [1.82, 2.24) is 4.90 Å². The third-order valence-electron chi connectivity index (χ3n) is 4.60. The van der Waals surface area contributed by atoms with Crippen LogP contribution >= 0.6 is 0 Å². The zero-order valence-electron chi connectivity index (χ0n) is 13.9. The average Bonchev–Trinajstić information content (AvgIpc) is 2.61. The smallest absolute Gasteiger partial charge is 0.337 e. The highest BCUT2D eigenvalue weighted by Gasteiger charge is 2.27. The lowest BCUT2D eigenvalue weighted by Gasteiger charge is -2.34. The minimum absolute atomic E-state index is 0.0233. The van der Waals surface area contributed by atoms with E-state index in [2.05, 4.69) is 4.90 Å². The Labute approximate surface area is 141 Å². The van der Waals surface area contributed by atoms with Gasteiger partial charge in [0, 0.05) is 19.1 Å². The highest BCUT2D eigenvalue weighted by molar-refractivity contribution is 6.00. The molecule has 0 unspecified atom stereocenters. The number of ether oxygens (including phenoxy) is 2. The Kier molecular flexibility index (Phi) is 5.01. The number of carbonyl (C=O) groups is 2. The van der Waals surface area contributed by atoms with Gasteiger partial charge in [0.25, 0.3) is 5.91 Å². The first-order valence-electron chi connectivity index (χ1n) is 8.22. The molecule has 0 spiro atoms. The first kappa shape index (κ1) is 16.7. The number of nitrogens with two attached hydrogens (primary N) is 1. The number of amides is 1. The Morgan fingerprint density at radius 2 is 2.08 bits per heavy atom. The number of benzene rings is 1. The van der Waals surface area contributed by atoms with Crippen LogP contribution in [-0.4, -0.2) is 62.7 Å². The zero-order valence-corrected chi connectivity index (χ0v) is 13.9. The number of nitrogens with zero attached hydrogens (tertiary/aromatic N) is 2. The molecule has 1 aromatic carbocycles. The van der Waals surface area contributed by atoms with E-state index in [1.807, 2.05) is 0 Å². The number of fused-ring (bicyclic) bond motifs is 1. The lowest BCUT2D eigenvalue weighted by Crippen LogP contribution is -2.46. The number of esters is 1. The Bertz CT molecular complexity index is 626. The van der Waals surface area contributed by atoms with Crippen molar-refractivity contribution in [2.24, 2.45) is 5.73 Å². The van der Waals surface area contributed by atoms with Gasteiger partial charge >= 0.3 is 5.97 Å². The van der Waals surface area contributed by atoms with Gasteiger partial charge in [0.2, 0.25) is 0 Å². The lowest BCUT2D eigenvalue weighted by atomic mass is 10.1. The molecule has 0 saturated carbocycles. The van der Waals surface area contributed by atoms with Gasteiger partial charge in [-0.3, -0.25) is 4.79 Å². The van der Waals surface area contributed by atoms with Crippen LogP contribution in [0.5, 0.6) is 5.75 Å². The Hall–Kier alpha value is -2.12. The lowest BCUT2D eigenvalue weighted by molar-refractivity contribution is -0.121. The monoisotopic (exact) mass is 333 g/mol. The van der Waals surface area contributed by atoms with Gasteiger partial charge in [-0.1, -0.05) is 0 Å². The second-order valence-corrected chi connectivity index (χ2v) is 6.19. The van der Waals surface area contributed by atoms with Crippen molar-refractivity contribution >= 4 is 17.6 Å². The quantitative estimate of drug-likeness (QED) is 0.813. The van der Waals surface area contributed by atoms with Crippen LogP contribution < -0.4 is 15.4 Å². The molecule has 0 bridgehead atoms. The minimum atomic E-state index is -0.430. The fourth-order valence-electron chi connectivity index (χ4n) is 3.11. The molecule has 0 aromatic heterocycles. The third-order valence-corrected chi connectivity index (χ3v) is 4.60. The van der Waals surface area contributed by atoms with Crippen LogP contribution in [0, 0.1) is 0 Å². The van der Waals surface area contributed by atoms with Crippen LogP contribution in [0.4, 0.5) is 5.69 Å². The number of likely N-dealkylation sites (tertiary alicyclic amines) is 1. The number of piperidine rings is 1. The minimum Gasteiger partial charge on any atom is -0.482 e. The summed E-state index contributed by atoms with van der Waals surface area (Å²) in [7, 11) is 1.34. The van der Waals surface area contributed by atoms with Gasteiger partial charge in [-0.15, -0.1) is 0 Å². The van der Waals surface area contributed by atoms with E-state index in [0.29, 0.717) is 23.5 Å². The van der Waals surface area contributed by atoms with Gasteiger partial charge in [0.15, 0.2) is 6.61 Å². The van der Waals surface area contributed by atoms with Crippen molar-refractivity contribution in [2.45, 2.75) is 18.9 Å². The Morgan fingerprint density at radius 1 is 1.33 bits per heavy atom. The number of rotatable bonds is 4. The highest BCUT2D eigenvalue weighted by Crippen LogP contribution is 2.33. The van der Waals surface area contributed by atoms with Crippen molar-refractivity contribution in [3.63, 3.8) is 0 Å². The second kappa shape index (κ2) is 7.19. The van der Waals surface area contributed by atoms with Gasteiger partial charge < -0.3 is 25.0 Å². The van der Waals surface area contributed by atoms with E-state index in [4.69, 9.17) is 15.2 Å². The number of carbonyl (C=O) groups excluding carboxylic acids is 2. The molecule has 2 N–H and O–H groups in total. The fourth-order valence-corrected chi connectivity index (χ4v) is 3.11. The van der Waals surface area contributed by atoms with E-state index in [0.717, 1.165) is 32.5 Å². The summed E-state index contributed by atoms with van der Waals surface area (Å²) in [5.74, 6) is 0.0851. The summed E-state index contributed by atoms with van der Waals surface area (Å²) in [6, 6.07) is 5.30. The molecular formula is C17H23N3O4. The highest BCUT2D eigenvalue weighted by atomic mass is 16.5. The summed E-state index contributed by atoms with van der Waals surface area (Å²) < 4.78 is 10.2. The molecule has 0 aliphatic carbocycles. The maximum atomic E-state index is 12.3. The summed E-state index contributed by atoms with van der Waals surface area (Å²) in [4.78, 5) is 28.0. The fraction of sp³-hybridized carbons (Fsp3) is 0.529. The standard InChI is InChI=1S/C17H23N3O4/c1-23-17(22)12-2-3-15-14(10-12)20(16(21)11-24-15)9-8-19-6-4-13(18)5-7-19/h2-3,10,13H,4-9,11,18H2,1H3. The maximum Gasteiger partial charge on any atom is 0.337 e. The van der Waals surface area contributed by atoms with Crippen molar-refractivity contribution < 1.29 is 19.1 Å². The molecule has 7 nitrogen and oxygen atoms in total. The SMILES string of the molecule is COC(=O)c1ccc2c(c1)N(CCN1CCC(N)CC1)C(=O)CO2. The number of hydrogen-bond donors (Lipinski definition) is 1. The van der Waals surface area contributed by atoms with Gasteiger partial charge in [0.1, 0.15) is 5.75 Å². The van der Waals surface area contributed by atoms with E-state index < -0.39 is 5.97 Å². The number of hydrogen-bond acceptors (Lipinski definition) is 6. The van der Waals surface area contributed by atoms with Crippen molar-refractivity contribution in [3.8, 4) is 5.75 Å². The summed E-state index contributed by atoms with van der Waals surface area (Å²) >= 11 is 0. The summed E-state index contributed by atoms with van der Waals surface area (Å²) in [5.41, 5.74) is 6.96. The molecule has 130 valence electrons. The largest absolute Gasteiger partial charge is 0.482 e. The van der Waals surface area contributed by atoms with Crippen LogP contribution in [-0.2, 0) is 9.53 Å². The number of methoxy groups -OCH3 is 1. The molecule has 2 aliphatic heterocycles. The zero-order chi connectivity index (χ0) is 17.1. The molecule has 1 fully saturated rings. The summed E-state index contributed by atoms with van der Waals surface area (Å²) in [5, 5.41) is 0. The van der Waals surface area contributed by atoms with E-state index in [1.54, 1.807) is 23.1 Å². The summed E-state index contributed by atoms with van der Waals surface area (Å²) in [6.45, 7) is 3.27. The van der Waals surface area contributed by atoms with Crippen LogP contribution in [0.1, 0.15) is 23.2 Å². The molecule has 0 atom stereocenters. The molecule has 1 saturated heterocycles. The summed E-state index contributed by atoms with van der Waals surface area (Å²) in [6.07, 6.45) is 1.97. The molecule has 3 rings (SSSR count). The molecule has 2 heterocycles. The Morgan fingerprint density at radius 3 is 2.79 bits per heavy atom. The Balaban J connectivity index is 1.73. The predicted molar refractivity (Wildman–Crippen MR) is 89.3 cm³/mol. The molecule has 0 radical (unpaired) electrons. The van der Waals surface area contributed by atoms with Crippen molar-refractivity contribution in [2.75, 3.05) is 44.8 Å². The van der Waals surface area contributed by atoms with E-state index in [1.165, 1.54) is 7.11 Å². The van der Waals surface area contributed by atoms with Crippen molar-refractivity contribution in [1.29, 1.82) is 0 Å². The van der Waals surface area contributed by atoms with Crippen LogP contribution in [0.2, 0.25) is 0 Å².